The molecule has 0 atom stereocenters. The molecule has 0 radical (unpaired) electrons. The molecule has 17 heavy (non-hydrogen) atoms. The zero-order valence-electron chi connectivity index (χ0n) is 9.04. The number of amides is 1. The molecule has 1 aromatic heterocycles. The number of nitrogens with two attached hydrogens (primary N) is 1. The first kappa shape index (κ1) is 13.5. The Bertz CT molecular complexity index is 389. The van der Waals surface area contributed by atoms with Gasteiger partial charge in [0.1, 0.15) is 0 Å². The Kier molecular flexibility index (Phi) is 4.13. The molecule has 96 valence electrons. The maximum absolute atomic E-state index is 12.1. The number of hydrazine groups is 1. The fourth-order valence-electron chi connectivity index (χ4n) is 1.38. The molecular weight excluding hydrogens is 239 g/mol. The Morgan fingerprint density at radius 1 is 1.59 bits per heavy atom. The zero-order valence-corrected chi connectivity index (χ0v) is 9.04. The van der Waals surface area contributed by atoms with Crippen molar-refractivity contribution in [2.45, 2.75) is 12.7 Å². The van der Waals surface area contributed by atoms with E-state index >= 15 is 0 Å². The number of carbonyl (C=O) groups excluding carboxylic acids is 1. The summed E-state index contributed by atoms with van der Waals surface area (Å²) < 4.78 is 41.1. The number of nitrogens with one attached hydrogen (secondary N) is 1. The summed E-state index contributed by atoms with van der Waals surface area (Å²) in [5, 5.41) is 0. The van der Waals surface area contributed by atoms with E-state index in [-0.39, 0.29) is 12.3 Å². The van der Waals surface area contributed by atoms with Gasteiger partial charge in [-0.3, -0.25) is 15.1 Å². The highest BCUT2D eigenvalue weighted by molar-refractivity contribution is 5.92. The normalized spacial score (nSPS) is 11.9. The van der Waals surface area contributed by atoms with E-state index in [9.17, 15) is 18.0 Å². The number of furan rings is 1. The van der Waals surface area contributed by atoms with E-state index in [1.165, 1.54) is 19.4 Å². The molecule has 0 aromatic carbocycles. The van der Waals surface area contributed by atoms with E-state index in [4.69, 9.17) is 10.3 Å². The molecule has 0 saturated heterocycles. The van der Waals surface area contributed by atoms with Gasteiger partial charge in [-0.05, 0) is 13.1 Å². The van der Waals surface area contributed by atoms with Gasteiger partial charge in [0.05, 0.1) is 12.8 Å². The maximum atomic E-state index is 12.1. The second kappa shape index (κ2) is 5.19. The molecule has 0 aliphatic rings. The Labute approximate surface area is 95.3 Å². The summed E-state index contributed by atoms with van der Waals surface area (Å²) in [6.07, 6.45) is -3.06. The topological polar surface area (TPSA) is 71.5 Å². The molecule has 0 saturated carbocycles. The molecule has 1 amide bonds. The summed E-state index contributed by atoms with van der Waals surface area (Å²) in [5.74, 6) is 4.15. The van der Waals surface area contributed by atoms with E-state index < -0.39 is 18.6 Å². The van der Waals surface area contributed by atoms with Gasteiger partial charge in [0, 0.05) is 12.1 Å². The van der Waals surface area contributed by atoms with Crippen LogP contribution in [0.4, 0.5) is 13.2 Å². The van der Waals surface area contributed by atoms with Gasteiger partial charge >= 0.3 is 12.1 Å². The first-order valence-corrected chi connectivity index (χ1v) is 4.66. The molecule has 8 heteroatoms. The second-order valence-electron chi connectivity index (χ2n) is 3.54. The van der Waals surface area contributed by atoms with Crippen LogP contribution in [0.3, 0.4) is 0 Å². The molecule has 0 unspecified atom stereocenters. The Morgan fingerprint density at radius 2 is 2.24 bits per heavy atom. The second-order valence-corrected chi connectivity index (χ2v) is 3.54. The lowest BCUT2D eigenvalue weighted by atomic mass is 10.2. The third-order valence-electron chi connectivity index (χ3n) is 1.97. The van der Waals surface area contributed by atoms with Gasteiger partial charge in [0.2, 0.25) is 0 Å². The van der Waals surface area contributed by atoms with Crippen LogP contribution in [0.25, 0.3) is 0 Å². The lowest BCUT2D eigenvalue weighted by Gasteiger charge is -2.17. The van der Waals surface area contributed by atoms with E-state index in [2.05, 4.69) is 0 Å². The van der Waals surface area contributed by atoms with Gasteiger partial charge in [-0.15, -0.1) is 0 Å². The minimum Gasteiger partial charge on any atom is -0.459 e. The van der Waals surface area contributed by atoms with E-state index in [1.807, 2.05) is 5.43 Å². The monoisotopic (exact) mass is 251 g/mol. The number of nitrogen functional groups attached to an aromatic ring is 1. The number of nitrogens with zero attached hydrogens (tertiary/aromatic N) is 1. The van der Waals surface area contributed by atoms with E-state index in [0.717, 1.165) is 4.90 Å². The van der Waals surface area contributed by atoms with Crippen LogP contribution in [0, 0.1) is 0 Å². The number of hydrogen-bond donors (Lipinski definition) is 2. The fourth-order valence-corrected chi connectivity index (χ4v) is 1.38. The molecular formula is C9H12F3N3O2. The van der Waals surface area contributed by atoms with Crippen LogP contribution in [-0.4, -0.2) is 30.6 Å². The largest absolute Gasteiger partial charge is 0.459 e. The first-order chi connectivity index (χ1) is 7.83. The number of rotatable bonds is 4. The van der Waals surface area contributed by atoms with Crippen LogP contribution in [-0.2, 0) is 6.54 Å². The molecule has 0 aliphatic heterocycles. The zero-order chi connectivity index (χ0) is 13.1. The summed E-state index contributed by atoms with van der Waals surface area (Å²) >= 11 is 0. The summed E-state index contributed by atoms with van der Waals surface area (Å²) in [4.78, 5) is 12.2. The van der Waals surface area contributed by atoms with Crippen LogP contribution in [0.15, 0.2) is 16.7 Å². The van der Waals surface area contributed by atoms with Gasteiger partial charge in [0.25, 0.3) is 0 Å². The molecule has 0 aliphatic carbocycles. The summed E-state index contributed by atoms with van der Waals surface area (Å²) in [5.41, 5.74) is 2.20. The van der Waals surface area contributed by atoms with Crippen LogP contribution < -0.4 is 11.3 Å². The van der Waals surface area contributed by atoms with Gasteiger partial charge in [0.15, 0.2) is 5.76 Å². The van der Waals surface area contributed by atoms with Gasteiger partial charge in [-0.1, -0.05) is 0 Å². The van der Waals surface area contributed by atoms with Crippen LogP contribution in [0.1, 0.15) is 16.1 Å². The highest BCUT2D eigenvalue weighted by atomic mass is 19.4. The molecule has 1 heterocycles. The molecule has 0 bridgehead atoms. The van der Waals surface area contributed by atoms with Crippen molar-refractivity contribution in [3.63, 3.8) is 0 Å². The quantitative estimate of drug-likeness (QED) is 0.473. The predicted octanol–water partition coefficient (Wildman–Crippen LogP) is 0.877. The fraction of sp³-hybridized carbons (Fsp3) is 0.444. The Hall–Kier alpha value is -1.54. The van der Waals surface area contributed by atoms with E-state index in [1.54, 1.807) is 0 Å². The SMILES string of the molecule is CN(Cc1ccoc1C(=O)NN)CC(F)(F)F. The highest BCUT2D eigenvalue weighted by Crippen LogP contribution is 2.18. The van der Waals surface area contributed by atoms with Crippen molar-refractivity contribution in [2.24, 2.45) is 5.84 Å². The average molecular weight is 251 g/mol. The third kappa shape index (κ3) is 4.08. The summed E-state index contributed by atoms with van der Waals surface area (Å²) in [6.45, 7) is -1.12. The standard InChI is InChI=1S/C9H12F3N3O2/c1-15(5-9(10,11)12)4-6-2-3-17-7(6)8(16)14-13/h2-3H,4-5,13H2,1H3,(H,14,16). The lowest BCUT2D eigenvalue weighted by molar-refractivity contribution is -0.144. The summed E-state index contributed by atoms with van der Waals surface area (Å²) in [7, 11) is 1.30. The first-order valence-electron chi connectivity index (χ1n) is 4.66. The van der Waals surface area contributed by atoms with Crippen molar-refractivity contribution in [3.8, 4) is 0 Å². The van der Waals surface area contributed by atoms with Crippen LogP contribution in [0.5, 0.6) is 0 Å². The minimum absolute atomic E-state index is 0.0568. The predicted molar refractivity (Wildman–Crippen MR) is 52.8 cm³/mol. The average Bonchev–Trinajstić information content (AvgIpc) is 2.61. The number of carbonyl (C=O) groups is 1. The molecule has 1 aromatic rings. The van der Waals surface area contributed by atoms with Gasteiger partial charge in [-0.25, -0.2) is 5.84 Å². The summed E-state index contributed by atoms with van der Waals surface area (Å²) in [6, 6.07) is 1.43. The Morgan fingerprint density at radius 3 is 2.76 bits per heavy atom. The maximum Gasteiger partial charge on any atom is 0.401 e. The van der Waals surface area contributed by atoms with Crippen molar-refractivity contribution >= 4 is 5.91 Å². The third-order valence-corrected chi connectivity index (χ3v) is 1.97. The van der Waals surface area contributed by atoms with Crippen molar-refractivity contribution in [1.29, 1.82) is 0 Å². The number of hydrogen-bond acceptors (Lipinski definition) is 4. The number of halogens is 3. The van der Waals surface area contributed by atoms with Crippen molar-refractivity contribution in [3.05, 3.63) is 23.7 Å². The highest BCUT2D eigenvalue weighted by Gasteiger charge is 2.29. The molecule has 3 N–H and O–H groups in total. The van der Waals surface area contributed by atoms with Crippen LogP contribution in [0.2, 0.25) is 0 Å². The van der Waals surface area contributed by atoms with Gasteiger partial charge < -0.3 is 4.42 Å². The minimum atomic E-state index is -4.28. The van der Waals surface area contributed by atoms with Crippen molar-refractivity contribution < 1.29 is 22.4 Å². The lowest BCUT2D eigenvalue weighted by Crippen LogP contribution is -2.33. The van der Waals surface area contributed by atoms with E-state index in [0.29, 0.717) is 5.56 Å². The molecule has 0 spiro atoms. The smallest absolute Gasteiger partial charge is 0.401 e. The van der Waals surface area contributed by atoms with Crippen molar-refractivity contribution in [1.82, 2.24) is 10.3 Å². The number of alkyl halides is 3. The molecule has 0 fully saturated rings. The Balaban J connectivity index is 2.69. The van der Waals surface area contributed by atoms with Crippen molar-refractivity contribution in [2.75, 3.05) is 13.6 Å². The molecule has 5 nitrogen and oxygen atoms in total. The molecule has 1 rings (SSSR count). The van der Waals surface area contributed by atoms with Crippen LogP contribution >= 0.6 is 0 Å². The van der Waals surface area contributed by atoms with Gasteiger partial charge in [-0.2, -0.15) is 13.2 Å².